The molecular formula is C13H10BrNO2. The standard InChI is InChI=1S/C13H10BrNO2/c14-9-10-6-7-12(13(8-10)15(16)17)11-4-2-1-3-5-11/h1-8H,9H2. The Morgan fingerprint density at radius 1 is 1.12 bits per heavy atom. The average Bonchev–Trinajstić information content (AvgIpc) is 2.39. The van der Waals surface area contributed by atoms with Crippen molar-refractivity contribution in [2.24, 2.45) is 0 Å². The Labute approximate surface area is 107 Å². The van der Waals surface area contributed by atoms with Gasteiger partial charge in [-0.1, -0.05) is 52.3 Å². The molecule has 0 aliphatic heterocycles. The zero-order chi connectivity index (χ0) is 12.3. The van der Waals surface area contributed by atoms with E-state index in [0.29, 0.717) is 10.9 Å². The number of rotatable bonds is 3. The molecule has 3 nitrogen and oxygen atoms in total. The number of nitro groups is 1. The predicted octanol–water partition coefficient (Wildman–Crippen LogP) is 4.16. The number of hydrogen-bond donors (Lipinski definition) is 0. The van der Waals surface area contributed by atoms with Crippen LogP contribution in [0.1, 0.15) is 5.56 Å². The van der Waals surface area contributed by atoms with Crippen molar-refractivity contribution >= 4 is 21.6 Å². The van der Waals surface area contributed by atoms with E-state index < -0.39 is 0 Å². The molecule has 0 atom stereocenters. The second-order valence-corrected chi connectivity index (χ2v) is 4.17. The summed E-state index contributed by atoms with van der Waals surface area (Å²) in [5.41, 5.74) is 2.56. The van der Waals surface area contributed by atoms with Crippen molar-refractivity contribution in [3.05, 3.63) is 64.2 Å². The summed E-state index contributed by atoms with van der Waals surface area (Å²) in [7, 11) is 0. The van der Waals surface area contributed by atoms with Gasteiger partial charge in [-0.15, -0.1) is 0 Å². The largest absolute Gasteiger partial charge is 0.277 e. The maximum Gasteiger partial charge on any atom is 0.277 e. The van der Waals surface area contributed by atoms with Gasteiger partial charge >= 0.3 is 0 Å². The van der Waals surface area contributed by atoms with Crippen LogP contribution < -0.4 is 0 Å². The first kappa shape index (κ1) is 11.8. The maximum absolute atomic E-state index is 11.1. The third kappa shape index (κ3) is 2.53. The molecule has 0 aliphatic carbocycles. The summed E-state index contributed by atoms with van der Waals surface area (Å²) in [6, 6.07) is 14.7. The first-order valence-electron chi connectivity index (χ1n) is 5.11. The normalized spacial score (nSPS) is 10.2. The molecule has 86 valence electrons. The minimum atomic E-state index is -0.339. The van der Waals surface area contributed by atoms with E-state index >= 15 is 0 Å². The Morgan fingerprint density at radius 3 is 2.41 bits per heavy atom. The van der Waals surface area contributed by atoms with Crippen LogP contribution in [0.4, 0.5) is 5.69 Å². The lowest BCUT2D eigenvalue weighted by atomic mass is 10.0. The van der Waals surface area contributed by atoms with Crippen LogP contribution in [0.2, 0.25) is 0 Å². The highest BCUT2D eigenvalue weighted by molar-refractivity contribution is 9.08. The highest BCUT2D eigenvalue weighted by Gasteiger charge is 2.15. The van der Waals surface area contributed by atoms with Crippen molar-refractivity contribution in [1.82, 2.24) is 0 Å². The smallest absolute Gasteiger partial charge is 0.258 e. The monoisotopic (exact) mass is 291 g/mol. The fourth-order valence-corrected chi connectivity index (χ4v) is 2.02. The highest BCUT2D eigenvalue weighted by Crippen LogP contribution is 2.30. The molecule has 0 saturated carbocycles. The van der Waals surface area contributed by atoms with Crippen LogP contribution >= 0.6 is 15.9 Å². The molecular weight excluding hydrogens is 282 g/mol. The second kappa shape index (κ2) is 5.10. The molecule has 0 aromatic heterocycles. The van der Waals surface area contributed by atoms with E-state index in [0.717, 1.165) is 11.1 Å². The van der Waals surface area contributed by atoms with E-state index in [1.165, 1.54) is 0 Å². The fraction of sp³-hybridized carbons (Fsp3) is 0.0769. The van der Waals surface area contributed by atoms with Gasteiger partial charge < -0.3 is 0 Å². The summed E-state index contributed by atoms with van der Waals surface area (Å²) in [5, 5.41) is 11.7. The molecule has 0 saturated heterocycles. The summed E-state index contributed by atoms with van der Waals surface area (Å²) < 4.78 is 0. The first-order valence-corrected chi connectivity index (χ1v) is 6.23. The van der Waals surface area contributed by atoms with Gasteiger partial charge in [0.05, 0.1) is 10.5 Å². The Balaban J connectivity index is 2.58. The van der Waals surface area contributed by atoms with E-state index in [9.17, 15) is 10.1 Å². The van der Waals surface area contributed by atoms with Crippen LogP contribution in [-0.2, 0) is 5.33 Å². The van der Waals surface area contributed by atoms with E-state index in [4.69, 9.17) is 0 Å². The van der Waals surface area contributed by atoms with Gasteiger partial charge in [-0.25, -0.2) is 0 Å². The summed E-state index contributed by atoms with van der Waals surface area (Å²) in [5.74, 6) is 0. The van der Waals surface area contributed by atoms with Gasteiger partial charge in [0.2, 0.25) is 0 Å². The molecule has 0 radical (unpaired) electrons. The molecule has 0 bridgehead atoms. The summed E-state index contributed by atoms with van der Waals surface area (Å²) >= 11 is 3.30. The molecule has 2 aromatic rings. The summed E-state index contributed by atoms with van der Waals surface area (Å²) in [6.45, 7) is 0. The molecule has 0 unspecified atom stereocenters. The van der Waals surface area contributed by atoms with Crippen LogP contribution in [0.5, 0.6) is 0 Å². The van der Waals surface area contributed by atoms with Crippen molar-refractivity contribution in [2.75, 3.05) is 0 Å². The minimum absolute atomic E-state index is 0.146. The van der Waals surface area contributed by atoms with Gasteiger partial charge in [0.15, 0.2) is 0 Å². The second-order valence-electron chi connectivity index (χ2n) is 3.61. The van der Waals surface area contributed by atoms with Gasteiger partial charge in [0.1, 0.15) is 0 Å². The van der Waals surface area contributed by atoms with Crippen LogP contribution in [0.3, 0.4) is 0 Å². The van der Waals surface area contributed by atoms with Crippen molar-refractivity contribution in [1.29, 1.82) is 0 Å². The van der Waals surface area contributed by atoms with Gasteiger partial charge in [-0.2, -0.15) is 0 Å². The molecule has 0 amide bonds. The number of nitro benzene ring substituents is 1. The third-order valence-electron chi connectivity index (χ3n) is 2.50. The lowest BCUT2D eigenvalue weighted by Crippen LogP contribution is -1.93. The number of nitrogens with zero attached hydrogens (tertiary/aromatic N) is 1. The highest BCUT2D eigenvalue weighted by atomic mass is 79.9. The van der Waals surface area contributed by atoms with E-state index in [1.54, 1.807) is 12.1 Å². The molecule has 2 rings (SSSR count). The lowest BCUT2D eigenvalue weighted by Gasteiger charge is -2.04. The van der Waals surface area contributed by atoms with E-state index in [-0.39, 0.29) is 10.6 Å². The number of hydrogen-bond acceptors (Lipinski definition) is 2. The van der Waals surface area contributed by atoms with Gasteiger partial charge in [-0.05, 0) is 17.2 Å². The van der Waals surface area contributed by atoms with Crippen LogP contribution in [0.25, 0.3) is 11.1 Å². The minimum Gasteiger partial charge on any atom is -0.258 e. The molecule has 0 heterocycles. The van der Waals surface area contributed by atoms with Gasteiger partial charge in [0, 0.05) is 11.4 Å². The molecule has 0 aliphatic rings. The molecule has 0 N–H and O–H groups in total. The topological polar surface area (TPSA) is 43.1 Å². The SMILES string of the molecule is O=[N+]([O-])c1cc(CBr)ccc1-c1ccccc1. The van der Waals surface area contributed by atoms with Crippen LogP contribution in [0, 0.1) is 10.1 Å². The molecule has 17 heavy (non-hydrogen) atoms. The van der Waals surface area contributed by atoms with Crippen LogP contribution in [0.15, 0.2) is 48.5 Å². The first-order chi connectivity index (χ1) is 8.22. The van der Waals surface area contributed by atoms with Crippen molar-refractivity contribution in [2.45, 2.75) is 5.33 Å². The number of alkyl halides is 1. The number of halogens is 1. The molecule has 4 heteroatoms. The van der Waals surface area contributed by atoms with E-state index in [2.05, 4.69) is 15.9 Å². The summed E-state index contributed by atoms with van der Waals surface area (Å²) in [4.78, 5) is 10.7. The van der Waals surface area contributed by atoms with Crippen molar-refractivity contribution < 1.29 is 4.92 Å². The third-order valence-corrected chi connectivity index (χ3v) is 3.15. The van der Waals surface area contributed by atoms with E-state index in [1.807, 2.05) is 36.4 Å². The molecule has 0 spiro atoms. The Bertz CT molecular complexity index is 540. The summed E-state index contributed by atoms with van der Waals surface area (Å²) in [6.07, 6.45) is 0. The fourth-order valence-electron chi connectivity index (χ4n) is 1.67. The van der Waals surface area contributed by atoms with Crippen LogP contribution in [-0.4, -0.2) is 4.92 Å². The van der Waals surface area contributed by atoms with Gasteiger partial charge in [0.25, 0.3) is 5.69 Å². The Kier molecular flexibility index (Phi) is 3.54. The van der Waals surface area contributed by atoms with Gasteiger partial charge in [-0.3, -0.25) is 10.1 Å². The van der Waals surface area contributed by atoms with Crippen molar-refractivity contribution in [3.8, 4) is 11.1 Å². The molecule has 0 fully saturated rings. The Hall–Kier alpha value is -1.68. The zero-order valence-corrected chi connectivity index (χ0v) is 10.6. The average molecular weight is 292 g/mol. The Morgan fingerprint density at radius 2 is 1.82 bits per heavy atom. The number of benzene rings is 2. The molecule has 2 aromatic carbocycles. The maximum atomic E-state index is 11.1. The predicted molar refractivity (Wildman–Crippen MR) is 71.2 cm³/mol. The quantitative estimate of drug-likeness (QED) is 0.484. The zero-order valence-electron chi connectivity index (χ0n) is 8.97. The van der Waals surface area contributed by atoms with Crippen molar-refractivity contribution in [3.63, 3.8) is 0 Å². The lowest BCUT2D eigenvalue weighted by molar-refractivity contribution is -0.384.